The Morgan fingerprint density at radius 2 is 2.20 bits per heavy atom. The minimum atomic E-state index is -1.31. The molecule has 0 aliphatic carbocycles. The number of hydrogen-bond acceptors (Lipinski definition) is 3. The van der Waals surface area contributed by atoms with Gasteiger partial charge in [0.2, 0.25) is 0 Å². The fourth-order valence-corrected chi connectivity index (χ4v) is 4.32. The van der Waals surface area contributed by atoms with Crippen molar-refractivity contribution in [3.05, 3.63) is 39.1 Å². The molecule has 2 N–H and O–H groups in total. The summed E-state index contributed by atoms with van der Waals surface area (Å²) < 4.78 is 15.3. The van der Waals surface area contributed by atoms with E-state index < -0.39 is 10.8 Å². The molecule has 4 nitrogen and oxygen atoms in total. The van der Waals surface area contributed by atoms with Crippen LogP contribution in [0.25, 0.3) is 0 Å². The van der Waals surface area contributed by atoms with Crippen molar-refractivity contribution in [3.8, 4) is 0 Å². The van der Waals surface area contributed by atoms with Gasteiger partial charge in [0.05, 0.1) is 42.3 Å². The van der Waals surface area contributed by atoms with Crippen molar-refractivity contribution in [2.24, 2.45) is 0 Å². The smallest absolute Gasteiger partial charge is 0.0807 e. The van der Waals surface area contributed by atoms with Crippen LogP contribution < -0.4 is 5.73 Å². The summed E-state index contributed by atoms with van der Waals surface area (Å²) in [4.78, 5) is 0.488. The van der Waals surface area contributed by atoms with Crippen molar-refractivity contribution in [1.29, 1.82) is 0 Å². The van der Waals surface area contributed by atoms with Gasteiger partial charge in [0.25, 0.3) is 0 Å². The van der Waals surface area contributed by atoms with E-state index in [2.05, 4.69) is 21.0 Å². The maximum atomic E-state index is 12.6. The first-order chi connectivity index (χ1) is 9.45. The summed E-state index contributed by atoms with van der Waals surface area (Å²) >= 11 is 9.60. The lowest BCUT2D eigenvalue weighted by Crippen LogP contribution is -2.08. The van der Waals surface area contributed by atoms with Gasteiger partial charge >= 0.3 is 0 Å². The number of aromatic nitrogens is 2. The Labute approximate surface area is 133 Å². The zero-order chi connectivity index (χ0) is 14.9. The average Bonchev–Trinajstić information content (AvgIpc) is 2.66. The third-order valence-electron chi connectivity index (χ3n) is 2.95. The zero-order valence-electron chi connectivity index (χ0n) is 11.2. The van der Waals surface area contributed by atoms with Gasteiger partial charge in [-0.2, -0.15) is 5.10 Å². The molecule has 0 saturated carbocycles. The second-order valence-corrected chi connectivity index (χ2v) is 6.90. The first-order valence-electron chi connectivity index (χ1n) is 6.09. The Morgan fingerprint density at radius 3 is 2.80 bits per heavy atom. The van der Waals surface area contributed by atoms with Crippen molar-refractivity contribution >= 4 is 44.0 Å². The molecule has 1 aromatic heterocycles. The first kappa shape index (κ1) is 15.5. The second-order valence-electron chi connectivity index (χ2n) is 4.31. The van der Waals surface area contributed by atoms with Gasteiger partial charge in [-0.05, 0) is 41.9 Å². The Bertz CT molecular complexity index is 652. The second kappa shape index (κ2) is 6.28. The number of aryl methyl sites for hydroxylation is 2. The quantitative estimate of drug-likeness (QED) is 0.831. The largest absolute Gasteiger partial charge is 0.398 e. The van der Waals surface area contributed by atoms with Crippen molar-refractivity contribution in [2.45, 2.75) is 31.0 Å². The van der Waals surface area contributed by atoms with Crippen LogP contribution in [-0.4, -0.2) is 14.0 Å². The molecule has 0 saturated heterocycles. The molecule has 0 aliphatic rings. The van der Waals surface area contributed by atoms with Crippen LogP contribution in [-0.2, 0) is 23.1 Å². The summed E-state index contributed by atoms with van der Waals surface area (Å²) in [7, 11) is -1.31. The molecule has 108 valence electrons. The molecule has 1 atom stereocenters. The van der Waals surface area contributed by atoms with E-state index >= 15 is 0 Å². The third-order valence-corrected chi connectivity index (χ3v) is 5.85. The number of halogens is 2. The molecule has 0 aliphatic heterocycles. The lowest BCUT2D eigenvalue weighted by molar-refractivity contribution is 0.626. The van der Waals surface area contributed by atoms with E-state index in [4.69, 9.17) is 17.3 Å². The van der Waals surface area contributed by atoms with Crippen LogP contribution in [0.1, 0.15) is 18.3 Å². The van der Waals surface area contributed by atoms with Crippen LogP contribution in [0.3, 0.4) is 0 Å². The SMILES string of the molecule is CCn1nc(C)c(Br)c1CS(=O)c1c(N)cccc1Cl. The molecular formula is C13H15BrClN3OS. The van der Waals surface area contributed by atoms with E-state index in [1.807, 2.05) is 18.5 Å². The summed E-state index contributed by atoms with van der Waals surface area (Å²) in [5.41, 5.74) is 8.10. The van der Waals surface area contributed by atoms with Crippen molar-refractivity contribution in [1.82, 2.24) is 9.78 Å². The highest BCUT2D eigenvalue weighted by molar-refractivity contribution is 9.10. The van der Waals surface area contributed by atoms with Gasteiger partial charge in [0.15, 0.2) is 0 Å². The predicted octanol–water partition coefficient (Wildman–Crippen LogP) is 3.52. The van der Waals surface area contributed by atoms with Gasteiger partial charge in [-0.3, -0.25) is 8.89 Å². The maximum Gasteiger partial charge on any atom is 0.0807 e. The zero-order valence-corrected chi connectivity index (χ0v) is 14.3. The number of nitrogens with two attached hydrogens (primary N) is 1. The number of nitrogen functional groups attached to an aromatic ring is 1. The van der Waals surface area contributed by atoms with Gasteiger partial charge in [-0.25, -0.2) is 0 Å². The van der Waals surface area contributed by atoms with E-state index in [1.165, 1.54) is 0 Å². The van der Waals surface area contributed by atoms with Gasteiger partial charge < -0.3 is 5.73 Å². The highest BCUT2D eigenvalue weighted by Crippen LogP contribution is 2.29. The summed E-state index contributed by atoms with van der Waals surface area (Å²) in [6.07, 6.45) is 0. The molecular weight excluding hydrogens is 362 g/mol. The van der Waals surface area contributed by atoms with E-state index in [-0.39, 0.29) is 0 Å². The van der Waals surface area contributed by atoms with Crippen LogP contribution in [0, 0.1) is 6.92 Å². The van der Waals surface area contributed by atoms with Crippen LogP contribution in [0.5, 0.6) is 0 Å². The molecule has 0 radical (unpaired) electrons. The Hall–Kier alpha value is -0.850. The highest BCUT2D eigenvalue weighted by Gasteiger charge is 2.18. The molecule has 2 aromatic rings. The molecule has 20 heavy (non-hydrogen) atoms. The molecule has 2 rings (SSSR count). The first-order valence-corrected chi connectivity index (χ1v) is 8.58. The average molecular weight is 377 g/mol. The Morgan fingerprint density at radius 1 is 1.50 bits per heavy atom. The maximum absolute atomic E-state index is 12.6. The van der Waals surface area contributed by atoms with E-state index in [0.717, 1.165) is 22.4 Å². The number of rotatable bonds is 4. The fourth-order valence-electron chi connectivity index (χ4n) is 1.97. The molecule has 0 fully saturated rings. The van der Waals surface area contributed by atoms with E-state index in [0.29, 0.717) is 21.4 Å². The van der Waals surface area contributed by atoms with Gasteiger partial charge in [-0.1, -0.05) is 17.7 Å². The normalized spacial score (nSPS) is 12.6. The minimum absolute atomic E-state index is 0.323. The molecule has 0 spiro atoms. The van der Waals surface area contributed by atoms with E-state index in [9.17, 15) is 4.21 Å². The number of hydrogen-bond donors (Lipinski definition) is 1. The third kappa shape index (κ3) is 2.92. The van der Waals surface area contributed by atoms with Crippen LogP contribution in [0.15, 0.2) is 27.6 Å². The molecule has 0 bridgehead atoms. The van der Waals surface area contributed by atoms with Gasteiger partial charge in [-0.15, -0.1) is 0 Å². The van der Waals surface area contributed by atoms with Crippen LogP contribution in [0.4, 0.5) is 5.69 Å². The molecule has 1 heterocycles. The van der Waals surface area contributed by atoms with Crippen molar-refractivity contribution in [3.63, 3.8) is 0 Å². The standard InChI is InChI=1S/C13H15BrClN3OS/c1-3-18-11(12(14)8(2)17-18)7-20(19)13-9(15)5-4-6-10(13)16/h4-6H,3,7,16H2,1-2H3. The summed E-state index contributed by atoms with van der Waals surface area (Å²) in [6.45, 7) is 4.62. The van der Waals surface area contributed by atoms with Gasteiger partial charge in [0.1, 0.15) is 0 Å². The number of nitrogens with zero attached hydrogens (tertiary/aromatic N) is 2. The van der Waals surface area contributed by atoms with Crippen molar-refractivity contribution < 1.29 is 4.21 Å². The number of anilines is 1. The summed E-state index contributed by atoms with van der Waals surface area (Å²) in [6, 6.07) is 5.15. The Kier molecular flexibility index (Phi) is 4.88. The number of benzene rings is 1. The minimum Gasteiger partial charge on any atom is -0.398 e. The lowest BCUT2D eigenvalue weighted by atomic mass is 10.3. The predicted molar refractivity (Wildman–Crippen MR) is 86.3 cm³/mol. The highest BCUT2D eigenvalue weighted by atomic mass is 79.9. The van der Waals surface area contributed by atoms with Crippen LogP contribution in [0.2, 0.25) is 5.02 Å². The summed E-state index contributed by atoms with van der Waals surface area (Å²) in [5.74, 6) is 0.323. The molecule has 1 unspecified atom stereocenters. The lowest BCUT2D eigenvalue weighted by Gasteiger charge is -2.09. The molecule has 0 amide bonds. The monoisotopic (exact) mass is 375 g/mol. The van der Waals surface area contributed by atoms with Crippen molar-refractivity contribution in [2.75, 3.05) is 5.73 Å². The van der Waals surface area contributed by atoms with Crippen LogP contribution >= 0.6 is 27.5 Å². The molecule has 1 aromatic carbocycles. The molecule has 7 heteroatoms. The van der Waals surface area contributed by atoms with Gasteiger partial charge in [0, 0.05) is 12.2 Å². The Balaban J connectivity index is 2.38. The summed E-state index contributed by atoms with van der Waals surface area (Å²) in [5, 5.41) is 4.82. The topological polar surface area (TPSA) is 60.9 Å². The fraction of sp³-hybridized carbons (Fsp3) is 0.308. The van der Waals surface area contributed by atoms with E-state index in [1.54, 1.807) is 18.2 Å².